The van der Waals surface area contributed by atoms with Crippen LogP contribution >= 0.6 is 11.3 Å². The third-order valence-corrected chi connectivity index (χ3v) is 5.70. The highest BCUT2D eigenvalue weighted by molar-refractivity contribution is 7.12. The van der Waals surface area contributed by atoms with Crippen molar-refractivity contribution in [1.82, 2.24) is 5.01 Å². The minimum absolute atomic E-state index is 0.00657. The Morgan fingerprint density at radius 1 is 1.04 bits per heavy atom. The lowest BCUT2D eigenvalue weighted by Crippen LogP contribution is -2.33. The first kappa shape index (κ1) is 15.3. The monoisotopic (exact) mass is 364 g/mol. The lowest BCUT2D eigenvalue weighted by atomic mass is 9.97. The van der Waals surface area contributed by atoms with Crippen LogP contribution in [0.3, 0.4) is 0 Å². The van der Waals surface area contributed by atoms with E-state index < -0.39 is 6.23 Å². The van der Waals surface area contributed by atoms with Crippen LogP contribution in [-0.4, -0.2) is 20.9 Å². The number of benzene rings is 2. The summed E-state index contributed by atoms with van der Waals surface area (Å²) < 4.78 is 6.20. The van der Waals surface area contributed by atoms with Gasteiger partial charge in [-0.1, -0.05) is 24.3 Å². The first-order chi connectivity index (χ1) is 12.7. The van der Waals surface area contributed by atoms with Crippen molar-refractivity contribution in [2.24, 2.45) is 5.10 Å². The first-order valence-electron chi connectivity index (χ1n) is 8.38. The van der Waals surface area contributed by atoms with E-state index in [1.165, 1.54) is 6.07 Å². The summed E-state index contributed by atoms with van der Waals surface area (Å²) in [5.74, 6) is 0.810. The predicted octanol–water partition coefficient (Wildman–Crippen LogP) is 4.40. The number of para-hydroxylation sites is 1. The molecular weight excluding hydrogens is 348 g/mol. The number of hydrogen-bond donors (Lipinski definition) is 2. The van der Waals surface area contributed by atoms with E-state index in [4.69, 9.17) is 9.84 Å². The zero-order valence-corrected chi connectivity index (χ0v) is 14.6. The van der Waals surface area contributed by atoms with Crippen molar-refractivity contribution in [3.63, 3.8) is 0 Å². The van der Waals surface area contributed by atoms with Crippen molar-refractivity contribution in [1.29, 1.82) is 0 Å². The molecule has 5 nitrogen and oxygen atoms in total. The van der Waals surface area contributed by atoms with Gasteiger partial charge in [-0.25, -0.2) is 5.01 Å². The average molecular weight is 364 g/mol. The Balaban J connectivity index is 1.63. The van der Waals surface area contributed by atoms with Crippen LogP contribution in [0.15, 0.2) is 65.1 Å². The van der Waals surface area contributed by atoms with Crippen molar-refractivity contribution in [3.8, 4) is 17.2 Å². The molecule has 130 valence electrons. The molecule has 0 aliphatic carbocycles. The Hall–Kier alpha value is -2.99. The van der Waals surface area contributed by atoms with Crippen molar-refractivity contribution >= 4 is 17.0 Å². The highest BCUT2D eigenvalue weighted by Gasteiger charge is 2.41. The molecular formula is C20H16N2O3S. The zero-order valence-electron chi connectivity index (χ0n) is 13.7. The first-order valence-corrected chi connectivity index (χ1v) is 9.26. The fourth-order valence-corrected chi connectivity index (χ4v) is 4.29. The van der Waals surface area contributed by atoms with E-state index in [2.05, 4.69) is 12.1 Å². The molecule has 0 amide bonds. The van der Waals surface area contributed by atoms with Gasteiger partial charge in [0.2, 0.25) is 6.23 Å². The molecule has 0 radical (unpaired) electrons. The number of nitrogens with zero attached hydrogens (tertiary/aromatic N) is 2. The molecule has 2 N–H and O–H groups in total. The van der Waals surface area contributed by atoms with E-state index in [1.807, 2.05) is 34.7 Å². The second-order valence-electron chi connectivity index (χ2n) is 6.38. The third-order valence-electron chi connectivity index (χ3n) is 4.78. The van der Waals surface area contributed by atoms with Crippen LogP contribution in [0, 0.1) is 0 Å². The Labute approximate surface area is 154 Å². The zero-order chi connectivity index (χ0) is 17.7. The van der Waals surface area contributed by atoms with Gasteiger partial charge >= 0.3 is 0 Å². The highest BCUT2D eigenvalue weighted by Crippen LogP contribution is 2.49. The second kappa shape index (κ2) is 5.78. The van der Waals surface area contributed by atoms with Gasteiger partial charge < -0.3 is 14.9 Å². The van der Waals surface area contributed by atoms with E-state index in [9.17, 15) is 10.2 Å². The van der Waals surface area contributed by atoms with Crippen LogP contribution in [0.2, 0.25) is 0 Å². The molecule has 2 atom stereocenters. The summed E-state index contributed by atoms with van der Waals surface area (Å²) in [5.41, 5.74) is 2.70. The molecule has 0 unspecified atom stereocenters. The number of thiophene rings is 1. The summed E-state index contributed by atoms with van der Waals surface area (Å²) in [4.78, 5) is 1.14. The molecule has 1 aromatic heterocycles. The number of hydrogen-bond acceptors (Lipinski definition) is 6. The number of aromatic hydroxyl groups is 2. The lowest BCUT2D eigenvalue weighted by molar-refractivity contribution is -0.0203. The number of hydrazone groups is 1. The molecule has 5 rings (SSSR count). The van der Waals surface area contributed by atoms with E-state index >= 15 is 0 Å². The predicted molar refractivity (Wildman–Crippen MR) is 99.6 cm³/mol. The summed E-state index contributed by atoms with van der Waals surface area (Å²) in [6, 6.07) is 16.7. The Morgan fingerprint density at radius 2 is 1.92 bits per heavy atom. The largest absolute Gasteiger partial charge is 0.508 e. The number of ether oxygens (including phenoxy) is 1. The number of phenols is 2. The maximum atomic E-state index is 10.3. The molecule has 2 aromatic carbocycles. The average Bonchev–Trinajstić information content (AvgIpc) is 3.31. The fraction of sp³-hybridized carbons (Fsp3) is 0.150. The molecule has 0 spiro atoms. The molecule has 2 aliphatic rings. The number of rotatable bonds is 2. The van der Waals surface area contributed by atoms with E-state index in [-0.39, 0.29) is 17.5 Å². The third kappa shape index (κ3) is 2.34. The molecule has 0 saturated heterocycles. The molecule has 0 saturated carbocycles. The van der Waals surface area contributed by atoms with Gasteiger partial charge in [-0.15, -0.1) is 11.3 Å². The molecule has 2 aliphatic heterocycles. The molecule has 26 heavy (non-hydrogen) atoms. The molecule has 0 bridgehead atoms. The second-order valence-corrected chi connectivity index (χ2v) is 7.32. The fourth-order valence-electron chi connectivity index (χ4n) is 3.57. The molecule has 3 aromatic rings. The summed E-state index contributed by atoms with van der Waals surface area (Å²) >= 11 is 1.67. The maximum absolute atomic E-state index is 10.3. The van der Waals surface area contributed by atoms with Crippen LogP contribution in [0.25, 0.3) is 0 Å². The van der Waals surface area contributed by atoms with Gasteiger partial charge in [-0.05, 0) is 29.6 Å². The van der Waals surface area contributed by atoms with E-state index in [1.54, 1.807) is 23.5 Å². The van der Waals surface area contributed by atoms with Crippen molar-refractivity contribution in [2.45, 2.75) is 18.7 Å². The van der Waals surface area contributed by atoms with Crippen molar-refractivity contribution < 1.29 is 14.9 Å². The van der Waals surface area contributed by atoms with Crippen LogP contribution in [0.1, 0.15) is 34.7 Å². The SMILES string of the molecule is Oc1ccc([C@@H]2Oc3ccccc3[C@@H]3CC(c4cccs4)=NN32)c(O)c1. The lowest BCUT2D eigenvalue weighted by Gasteiger charge is -2.38. The summed E-state index contributed by atoms with van der Waals surface area (Å²) in [6.07, 6.45) is 0.240. The molecule has 0 fully saturated rings. The van der Waals surface area contributed by atoms with Gasteiger partial charge in [-0.3, -0.25) is 0 Å². The summed E-state index contributed by atoms with van der Waals surface area (Å²) in [6.45, 7) is 0. The van der Waals surface area contributed by atoms with Crippen LogP contribution in [-0.2, 0) is 0 Å². The van der Waals surface area contributed by atoms with Crippen molar-refractivity contribution in [3.05, 3.63) is 76.0 Å². The van der Waals surface area contributed by atoms with Crippen molar-refractivity contribution in [2.75, 3.05) is 0 Å². The topological polar surface area (TPSA) is 65.3 Å². The minimum atomic E-state index is -0.548. The van der Waals surface area contributed by atoms with Gasteiger partial charge in [0, 0.05) is 18.1 Å². The van der Waals surface area contributed by atoms with Crippen LogP contribution < -0.4 is 4.74 Å². The van der Waals surface area contributed by atoms with Gasteiger partial charge in [0.15, 0.2) is 0 Å². The molecule has 6 heteroatoms. The van der Waals surface area contributed by atoms with Crippen LogP contribution in [0.5, 0.6) is 17.2 Å². The number of phenolic OH excluding ortho intramolecular Hbond substituents is 2. The van der Waals surface area contributed by atoms with Gasteiger partial charge in [0.25, 0.3) is 0 Å². The minimum Gasteiger partial charge on any atom is -0.508 e. The number of fused-ring (bicyclic) bond motifs is 3. The van der Waals surface area contributed by atoms with Gasteiger partial charge in [0.05, 0.1) is 22.2 Å². The van der Waals surface area contributed by atoms with Gasteiger partial charge in [0.1, 0.15) is 17.2 Å². The standard InChI is InChI=1S/C20H16N2O3S/c23-12-7-8-14(17(24)10-12)20-22-16(13-4-1-2-5-18(13)25-20)11-15(21-22)19-6-3-9-26-19/h1-10,16,20,23-24H,11H2/t16-,20-/m0/s1. The Bertz CT molecular complexity index is 1000. The Morgan fingerprint density at radius 3 is 2.73 bits per heavy atom. The molecule has 3 heterocycles. The van der Waals surface area contributed by atoms with Crippen LogP contribution in [0.4, 0.5) is 0 Å². The Kier molecular flexibility index (Phi) is 3.39. The normalized spacial score (nSPS) is 20.9. The smallest absolute Gasteiger partial charge is 0.217 e. The highest BCUT2D eigenvalue weighted by atomic mass is 32.1. The van der Waals surface area contributed by atoms with E-state index in [0.717, 1.165) is 28.3 Å². The maximum Gasteiger partial charge on any atom is 0.217 e. The quantitative estimate of drug-likeness (QED) is 0.707. The van der Waals surface area contributed by atoms with E-state index in [0.29, 0.717) is 5.56 Å². The summed E-state index contributed by atoms with van der Waals surface area (Å²) in [7, 11) is 0. The summed E-state index contributed by atoms with van der Waals surface area (Å²) in [5, 5.41) is 28.8. The van der Waals surface area contributed by atoms with Gasteiger partial charge in [-0.2, -0.15) is 5.10 Å².